The highest BCUT2D eigenvalue weighted by Crippen LogP contribution is 2.39. The van der Waals surface area contributed by atoms with Crippen LogP contribution in [0, 0.1) is 0 Å². The second-order valence-corrected chi connectivity index (χ2v) is 3.24. The number of amides is 1. The number of rotatable bonds is 2. The number of H-pyrrole nitrogens is 1. The maximum Gasteiger partial charge on any atom is 0.394 e. The third kappa shape index (κ3) is 1.73. The molecule has 6 heteroatoms. The van der Waals surface area contributed by atoms with E-state index in [0.717, 1.165) is 18.5 Å². The van der Waals surface area contributed by atoms with Gasteiger partial charge in [-0.05, 0) is 12.8 Å². The van der Waals surface area contributed by atoms with Gasteiger partial charge in [-0.2, -0.15) is 5.10 Å². The van der Waals surface area contributed by atoms with Gasteiger partial charge in [-0.25, -0.2) is 4.79 Å². The molecule has 6 nitrogen and oxygen atoms in total. The molecule has 0 saturated heterocycles. The Bertz CT molecular complexity index is 381. The molecule has 0 aromatic carbocycles. The zero-order valence-electron chi connectivity index (χ0n) is 7.28. The molecule has 0 bridgehead atoms. The van der Waals surface area contributed by atoms with Crippen molar-refractivity contribution in [1.29, 1.82) is 0 Å². The predicted octanol–water partition coefficient (Wildman–Crippen LogP) is 0.310. The highest BCUT2D eigenvalue weighted by atomic mass is 16.4. The van der Waals surface area contributed by atoms with Crippen molar-refractivity contribution in [3.63, 3.8) is 0 Å². The largest absolute Gasteiger partial charge is 0.474 e. The number of aromatic amines is 1. The average Bonchev–Trinajstić information content (AvgIpc) is 2.88. The molecule has 0 aliphatic heterocycles. The summed E-state index contributed by atoms with van der Waals surface area (Å²) in [6.45, 7) is 0. The van der Waals surface area contributed by atoms with Gasteiger partial charge in [-0.3, -0.25) is 15.2 Å². The number of aliphatic carboxylic acids is 1. The van der Waals surface area contributed by atoms with Gasteiger partial charge in [-0.1, -0.05) is 0 Å². The molecule has 3 N–H and O–H groups in total. The van der Waals surface area contributed by atoms with Crippen LogP contribution in [0.2, 0.25) is 0 Å². The van der Waals surface area contributed by atoms with Gasteiger partial charge in [0, 0.05) is 17.7 Å². The zero-order chi connectivity index (χ0) is 10.1. The highest BCUT2D eigenvalue weighted by molar-refractivity contribution is 6.36. The molecule has 0 atom stereocenters. The number of anilines is 1. The number of carboxylic acids is 1. The molecule has 1 aromatic rings. The number of hydrogen-bond acceptors (Lipinski definition) is 3. The number of aromatic nitrogens is 2. The van der Waals surface area contributed by atoms with Crippen LogP contribution in [0.1, 0.15) is 24.5 Å². The Labute approximate surface area is 79.3 Å². The van der Waals surface area contributed by atoms with Gasteiger partial charge in [0.25, 0.3) is 0 Å². The summed E-state index contributed by atoms with van der Waals surface area (Å²) in [5, 5.41) is 17.0. The van der Waals surface area contributed by atoms with Gasteiger partial charge in [0.2, 0.25) is 0 Å². The first kappa shape index (κ1) is 8.74. The van der Waals surface area contributed by atoms with Crippen molar-refractivity contribution >= 4 is 17.7 Å². The molecule has 1 saturated carbocycles. The summed E-state index contributed by atoms with van der Waals surface area (Å²) in [6.07, 6.45) is 2.24. The summed E-state index contributed by atoms with van der Waals surface area (Å²) in [5.74, 6) is -1.82. The van der Waals surface area contributed by atoms with E-state index in [4.69, 9.17) is 5.11 Å². The lowest BCUT2D eigenvalue weighted by Gasteiger charge is -1.93. The molecule has 0 radical (unpaired) electrons. The second kappa shape index (κ2) is 3.13. The first-order chi connectivity index (χ1) is 6.66. The predicted molar refractivity (Wildman–Crippen MR) is 46.8 cm³/mol. The molecule has 1 aliphatic carbocycles. The lowest BCUT2D eigenvalue weighted by molar-refractivity contribution is -0.147. The second-order valence-electron chi connectivity index (χ2n) is 3.24. The van der Waals surface area contributed by atoms with Crippen LogP contribution in [0.15, 0.2) is 6.07 Å². The normalized spacial score (nSPS) is 15.1. The molecule has 0 spiro atoms. The Hall–Kier alpha value is -1.85. The highest BCUT2D eigenvalue weighted by Gasteiger charge is 2.26. The van der Waals surface area contributed by atoms with Crippen molar-refractivity contribution in [3.8, 4) is 0 Å². The van der Waals surface area contributed by atoms with E-state index in [-0.39, 0.29) is 5.82 Å². The molecule has 1 aromatic heterocycles. The summed E-state index contributed by atoms with van der Waals surface area (Å²) in [6, 6.07) is 1.67. The van der Waals surface area contributed by atoms with E-state index < -0.39 is 11.9 Å². The zero-order valence-corrected chi connectivity index (χ0v) is 7.28. The minimum atomic E-state index is -1.51. The molecule has 74 valence electrons. The Balaban J connectivity index is 2.02. The summed E-state index contributed by atoms with van der Waals surface area (Å²) in [7, 11) is 0. The smallest absolute Gasteiger partial charge is 0.394 e. The number of nitrogens with one attached hydrogen (secondary N) is 2. The Morgan fingerprint density at radius 3 is 2.86 bits per heavy atom. The number of carbonyl (C=O) groups excluding carboxylic acids is 1. The topological polar surface area (TPSA) is 95.1 Å². The van der Waals surface area contributed by atoms with Gasteiger partial charge >= 0.3 is 11.9 Å². The number of hydrogen-bond donors (Lipinski definition) is 3. The number of carbonyl (C=O) groups is 2. The molecule has 1 aliphatic rings. The van der Waals surface area contributed by atoms with Gasteiger partial charge in [0.05, 0.1) is 0 Å². The summed E-state index contributed by atoms with van der Waals surface area (Å²) in [5.41, 5.74) is 0.950. The molecule has 1 amide bonds. The lowest BCUT2D eigenvalue weighted by atomic mass is 10.3. The van der Waals surface area contributed by atoms with Crippen LogP contribution in [0.3, 0.4) is 0 Å². The van der Waals surface area contributed by atoms with Crippen molar-refractivity contribution in [2.75, 3.05) is 5.32 Å². The van der Waals surface area contributed by atoms with Crippen molar-refractivity contribution < 1.29 is 14.7 Å². The number of carboxylic acid groups (broad SMARTS) is 1. The minimum Gasteiger partial charge on any atom is -0.474 e. The van der Waals surface area contributed by atoms with Gasteiger partial charge in [0.1, 0.15) is 0 Å². The first-order valence-electron chi connectivity index (χ1n) is 4.26. The standard InChI is InChI=1S/C8H9N3O3/c12-7(8(13)14)9-6-3-5(10-11-6)4-1-2-4/h3-4H,1-2H2,(H,13,14)(H2,9,10,11,12). The van der Waals surface area contributed by atoms with E-state index in [1.807, 2.05) is 0 Å². The fourth-order valence-electron chi connectivity index (χ4n) is 1.17. The van der Waals surface area contributed by atoms with Crippen molar-refractivity contribution in [2.45, 2.75) is 18.8 Å². The van der Waals surface area contributed by atoms with Crippen LogP contribution in [-0.4, -0.2) is 27.2 Å². The molecule has 0 unspecified atom stereocenters. The summed E-state index contributed by atoms with van der Waals surface area (Å²) < 4.78 is 0. The monoisotopic (exact) mass is 195 g/mol. The van der Waals surface area contributed by atoms with E-state index in [1.54, 1.807) is 6.07 Å². The SMILES string of the molecule is O=C(O)C(=O)Nc1cc(C2CC2)[nH]n1. The molecular weight excluding hydrogens is 186 g/mol. The molecular formula is C8H9N3O3. The van der Waals surface area contributed by atoms with Crippen molar-refractivity contribution in [3.05, 3.63) is 11.8 Å². The van der Waals surface area contributed by atoms with E-state index >= 15 is 0 Å². The third-order valence-electron chi connectivity index (χ3n) is 2.05. The number of nitrogens with zero attached hydrogens (tertiary/aromatic N) is 1. The van der Waals surface area contributed by atoms with Crippen LogP contribution >= 0.6 is 0 Å². The van der Waals surface area contributed by atoms with Gasteiger partial charge in [0.15, 0.2) is 5.82 Å². The lowest BCUT2D eigenvalue weighted by Crippen LogP contribution is -2.21. The fourth-order valence-corrected chi connectivity index (χ4v) is 1.17. The Kier molecular flexibility index (Phi) is 1.95. The van der Waals surface area contributed by atoms with E-state index in [1.165, 1.54) is 0 Å². The van der Waals surface area contributed by atoms with E-state index in [2.05, 4.69) is 15.5 Å². The van der Waals surface area contributed by atoms with Crippen molar-refractivity contribution in [2.24, 2.45) is 0 Å². The molecule has 1 fully saturated rings. The quantitative estimate of drug-likeness (QED) is 0.592. The van der Waals surface area contributed by atoms with Gasteiger partial charge < -0.3 is 5.11 Å². The third-order valence-corrected chi connectivity index (χ3v) is 2.05. The maximum atomic E-state index is 10.7. The van der Waals surface area contributed by atoms with Crippen LogP contribution < -0.4 is 5.32 Å². The van der Waals surface area contributed by atoms with Crippen LogP contribution in [0.25, 0.3) is 0 Å². The van der Waals surface area contributed by atoms with E-state index in [9.17, 15) is 9.59 Å². The minimum absolute atomic E-state index is 0.263. The van der Waals surface area contributed by atoms with E-state index in [0.29, 0.717) is 5.92 Å². The van der Waals surface area contributed by atoms with Gasteiger partial charge in [-0.15, -0.1) is 0 Å². The molecule has 2 rings (SSSR count). The van der Waals surface area contributed by atoms with Crippen molar-refractivity contribution in [1.82, 2.24) is 10.2 Å². The molecule has 1 heterocycles. The van der Waals surface area contributed by atoms with Crippen LogP contribution in [0.4, 0.5) is 5.82 Å². The maximum absolute atomic E-state index is 10.7. The molecule has 14 heavy (non-hydrogen) atoms. The summed E-state index contributed by atoms with van der Waals surface area (Å²) in [4.78, 5) is 20.9. The Morgan fingerprint density at radius 2 is 2.29 bits per heavy atom. The fraction of sp³-hybridized carbons (Fsp3) is 0.375. The first-order valence-corrected chi connectivity index (χ1v) is 4.26. The van der Waals surface area contributed by atoms with Crippen LogP contribution in [-0.2, 0) is 9.59 Å². The van der Waals surface area contributed by atoms with Crippen LogP contribution in [0.5, 0.6) is 0 Å². The average molecular weight is 195 g/mol. The Morgan fingerprint density at radius 1 is 1.57 bits per heavy atom. The summed E-state index contributed by atoms with van der Waals surface area (Å²) >= 11 is 0.